The Bertz CT molecular complexity index is 669. The number of rotatable bonds is 8. The Hall–Kier alpha value is -2.49. The number of benzene rings is 2. The zero-order valence-electron chi connectivity index (χ0n) is 14.5. The van der Waals surface area contributed by atoms with Crippen LogP contribution in [-0.2, 0) is 11.3 Å². The van der Waals surface area contributed by atoms with Crippen LogP contribution in [0, 0.1) is 6.92 Å². The third-order valence-electron chi connectivity index (χ3n) is 3.61. The van der Waals surface area contributed by atoms with Crippen LogP contribution in [0.2, 0.25) is 0 Å². The summed E-state index contributed by atoms with van der Waals surface area (Å²) in [6, 6.07) is 15.5. The normalized spacial score (nSPS) is 11.6. The lowest BCUT2D eigenvalue weighted by atomic mass is 10.2. The third kappa shape index (κ3) is 5.30. The first kappa shape index (κ1) is 17.9. The third-order valence-corrected chi connectivity index (χ3v) is 3.61. The van der Waals surface area contributed by atoms with E-state index in [4.69, 9.17) is 9.47 Å². The van der Waals surface area contributed by atoms with Crippen LogP contribution in [0.3, 0.4) is 0 Å². The molecular formula is C20H25NO3. The van der Waals surface area contributed by atoms with E-state index in [0.29, 0.717) is 19.6 Å². The fourth-order valence-corrected chi connectivity index (χ4v) is 2.39. The Morgan fingerprint density at radius 1 is 1.08 bits per heavy atom. The summed E-state index contributed by atoms with van der Waals surface area (Å²) in [7, 11) is 0. The van der Waals surface area contributed by atoms with Gasteiger partial charge in [-0.3, -0.25) is 4.79 Å². The number of carbonyl (C=O) groups is 1. The zero-order valence-corrected chi connectivity index (χ0v) is 14.5. The molecule has 0 aromatic heterocycles. The molecule has 1 N–H and O–H groups in total. The average Bonchev–Trinajstić information content (AvgIpc) is 2.58. The standard InChI is InChI=1S/C20H25NO3/c1-4-19(24-18-11-6-8-15(3)12-18)20(22)21-14-16-9-7-10-17(13-16)23-5-2/h6-13,19H,4-5,14H2,1-3H3,(H,21,22). The Morgan fingerprint density at radius 2 is 1.83 bits per heavy atom. The maximum atomic E-state index is 12.4. The van der Waals surface area contributed by atoms with Gasteiger partial charge < -0.3 is 14.8 Å². The second-order valence-corrected chi connectivity index (χ2v) is 5.63. The molecule has 24 heavy (non-hydrogen) atoms. The van der Waals surface area contributed by atoms with Crippen LogP contribution in [0.25, 0.3) is 0 Å². The molecular weight excluding hydrogens is 302 g/mol. The molecule has 0 spiro atoms. The number of hydrogen-bond donors (Lipinski definition) is 1. The second kappa shape index (κ2) is 8.96. The number of hydrogen-bond acceptors (Lipinski definition) is 3. The van der Waals surface area contributed by atoms with Gasteiger partial charge in [0.2, 0.25) is 0 Å². The SMILES string of the molecule is CCOc1cccc(CNC(=O)C(CC)Oc2cccc(C)c2)c1. The number of amides is 1. The Balaban J connectivity index is 1.93. The van der Waals surface area contributed by atoms with Crippen molar-refractivity contribution in [3.05, 3.63) is 59.7 Å². The van der Waals surface area contributed by atoms with E-state index < -0.39 is 6.10 Å². The monoisotopic (exact) mass is 327 g/mol. The van der Waals surface area contributed by atoms with E-state index in [1.807, 2.05) is 69.3 Å². The van der Waals surface area contributed by atoms with Crippen LogP contribution in [0.1, 0.15) is 31.4 Å². The van der Waals surface area contributed by atoms with E-state index in [9.17, 15) is 4.79 Å². The molecule has 0 heterocycles. The minimum Gasteiger partial charge on any atom is -0.494 e. The minimum absolute atomic E-state index is 0.110. The van der Waals surface area contributed by atoms with Crippen molar-refractivity contribution in [1.82, 2.24) is 5.32 Å². The molecule has 0 radical (unpaired) electrons. The molecule has 2 aromatic carbocycles. The Kier molecular flexibility index (Phi) is 6.67. The molecule has 2 rings (SSSR count). The van der Waals surface area contributed by atoms with Crippen LogP contribution in [0.5, 0.6) is 11.5 Å². The highest BCUT2D eigenvalue weighted by atomic mass is 16.5. The molecule has 0 saturated carbocycles. The van der Waals surface area contributed by atoms with Crippen molar-refractivity contribution in [2.45, 2.75) is 39.8 Å². The van der Waals surface area contributed by atoms with E-state index in [-0.39, 0.29) is 5.91 Å². The van der Waals surface area contributed by atoms with Crippen LogP contribution in [-0.4, -0.2) is 18.6 Å². The van der Waals surface area contributed by atoms with E-state index in [1.165, 1.54) is 0 Å². The van der Waals surface area contributed by atoms with E-state index >= 15 is 0 Å². The summed E-state index contributed by atoms with van der Waals surface area (Å²) >= 11 is 0. The number of carbonyl (C=O) groups excluding carboxylic acids is 1. The number of ether oxygens (including phenoxy) is 2. The molecule has 2 aromatic rings. The maximum absolute atomic E-state index is 12.4. The molecule has 0 saturated heterocycles. The van der Waals surface area contributed by atoms with Crippen molar-refractivity contribution in [3.63, 3.8) is 0 Å². The molecule has 0 aliphatic heterocycles. The lowest BCUT2D eigenvalue weighted by molar-refractivity contribution is -0.128. The van der Waals surface area contributed by atoms with Crippen molar-refractivity contribution < 1.29 is 14.3 Å². The molecule has 1 unspecified atom stereocenters. The predicted molar refractivity (Wildman–Crippen MR) is 95.3 cm³/mol. The zero-order chi connectivity index (χ0) is 17.4. The summed E-state index contributed by atoms with van der Waals surface area (Å²) in [5, 5.41) is 2.93. The van der Waals surface area contributed by atoms with Gasteiger partial charge in [-0.05, 0) is 55.7 Å². The van der Waals surface area contributed by atoms with E-state index in [2.05, 4.69) is 5.32 Å². The molecule has 1 amide bonds. The molecule has 128 valence electrons. The Morgan fingerprint density at radius 3 is 2.54 bits per heavy atom. The van der Waals surface area contributed by atoms with Gasteiger partial charge in [-0.25, -0.2) is 0 Å². The first-order valence-electron chi connectivity index (χ1n) is 8.35. The smallest absolute Gasteiger partial charge is 0.261 e. The predicted octanol–water partition coefficient (Wildman–Crippen LogP) is 3.87. The molecule has 4 nitrogen and oxygen atoms in total. The molecule has 0 aliphatic carbocycles. The molecule has 0 fully saturated rings. The fourth-order valence-electron chi connectivity index (χ4n) is 2.39. The van der Waals surface area contributed by atoms with Crippen molar-refractivity contribution in [2.24, 2.45) is 0 Å². The largest absolute Gasteiger partial charge is 0.494 e. The number of nitrogens with one attached hydrogen (secondary N) is 1. The summed E-state index contributed by atoms with van der Waals surface area (Å²) < 4.78 is 11.3. The summed E-state index contributed by atoms with van der Waals surface area (Å²) in [5.74, 6) is 1.42. The highest BCUT2D eigenvalue weighted by molar-refractivity contribution is 5.81. The van der Waals surface area contributed by atoms with Crippen molar-refractivity contribution >= 4 is 5.91 Å². The lowest BCUT2D eigenvalue weighted by Gasteiger charge is -2.17. The van der Waals surface area contributed by atoms with Gasteiger partial charge in [0.25, 0.3) is 5.91 Å². The summed E-state index contributed by atoms with van der Waals surface area (Å²) in [4.78, 5) is 12.4. The van der Waals surface area contributed by atoms with E-state index in [0.717, 1.165) is 22.6 Å². The van der Waals surface area contributed by atoms with Crippen molar-refractivity contribution in [3.8, 4) is 11.5 Å². The minimum atomic E-state index is -0.498. The quantitative estimate of drug-likeness (QED) is 0.801. The van der Waals surface area contributed by atoms with Gasteiger partial charge in [0.1, 0.15) is 11.5 Å². The van der Waals surface area contributed by atoms with Gasteiger partial charge in [0.05, 0.1) is 6.61 Å². The van der Waals surface area contributed by atoms with Crippen LogP contribution in [0.15, 0.2) is 48.5 Å². The van der Waals surface area contributed by atoms with Crippen LogP contribution >= 0.6 is 0 Å². The summed E-state index contributed by atoms with van der Waals surface area (Å²) in [6.07, 6.45) is 0.112. The highest BCUT2D eigenvalue weighted by Gasteiger charge is 2.18. The van der Waals surface area contributed by atoms with Gasteiger partial charge in [0.15, 0.2) is 6.10 Å². The van der Waals surface area contributed by atoms with Gasteiger partial charge in [-0.1, -0.05) is 31.2 Å². The first-order chi connectivity index (χ1) is 11.6. The van der Waals surface area contributed by atoms with Gasteiger partial charge in [-0.15, -0.1) is 0 Å². The first-order valence-corrected chi connectivity index (χ1v) is 8.35. The van der Waals surface area contributed by atoms with Crippen molar-refractivity contribution in [1.29, 1.82) is 0 Å². The molecule has 0 aliphatic rings. The van der Waals surface area contributed by atoms with Crippen LogP contribution < -0.4 is 14.8 Å². The fraction of sp³-hybridized carbons (Fsp3) is 0.350. The van der Waals surface area contributed by atoms with Gasteiger partial charge in [-0.2, -0.15) is 0 Å². The molecule has 1 atom stereocenters. The van der Waals surface area contributed by atoms with E-state index in [1.54, 1.807) is 0 Å². The highest BCUT2D eigenvalue weighted by Crippen LogP contribution is 2.16. The molecule has 4 heteroatoms. The van der Waals surface area contributed by atoms with Crippen LogP contribution in [0.4, 0.5) is 0 Å². The summed E-state index contributed by atoms with van der Waals surface area (Å²) in [6.45, 7) is 6.96. The second-order valence-electron chi connectivity index (χ2n) is 5.63. The maximum Gasteiger partial charge on any atom is 0.261 e. The van der Waals surface area contributed by atoms with Crippen molar-refractivity contribution in [2.75, 3.05) is 6.61 Å². The average molecular weight is 327 g/mol. The van der Waals surface area contributed by atoms with Gasteiger partial charge in [0, 0.05) is 6.54 Å². The summed E-state index contributed by atoms with van der Waals surface area (Å²) in [5.41, 5.74) is 2.11. The molecule has 0 bridgehead atoms. The van der Waals surface area contributed by atoms with Gasteiger partial charge >= 0.3 is 0 Å². The Labute approximate surface area is 143 Å². The topological polar surface area (TPSA) is 47.6 Å². The lowest BCUT2D eigenvalue weighted by Crippen LogP contribution is -2.37. The number of aryl methyl sites for hydroxylation is 1.